The maximum Gasteiger partial charge on any atom is 0.306 e. The Morgan fingerprint density at radius 3 is 1.67 bits per heavy atom. The van der Waals surface area contributed by atoms with Crippen LogP contribution < -0.4 is 0 Å². The van der Waals surface area contributed by atoms with E-state index in [2.05, 4.69) is 10.2 Å². The van der Waals surface area contributed by atoms with Crippen LogP contribution in [0.5, 0.6) is 0 Å². The summed E-state index contributed by atoms with van der Waals surface area (Å²) in [5.41, 5.74) is -2.31. The zero-order chi connectivity index (χ0) is 29.4. The van der Waals surface area contributed by atoms with Crippen molar-refractivity contribution in [1.29, 1.82) is 10.5 Å². The van der Waals surface area contributed by atoms with Crippen LogP contribution in [0.4, 0.5) is 0 Å². The quantitative estimate of drug-likeness (QED) is 0.0739. The van der Waals surface area contributed by atoms with Crippen molar-refractivity contribution >= 4 is 41.4 Å². The first-order chi connectivity index (χ1) is 18.6. The highest BCUT2D eigenvalue weighted by Gasteiger charge is 2.27. The standard InChI is InChI=1S/C25H40N4O8S2/c1-24(2,19-26)28-29-25(3,20-27)8-5-21(30)36-13-14-37-23(32)7-16-39-18-17-38-15-6-22(31)35-12-11-34-10-9-33-4/h5-18H2,1-4H3. The topological polar surface area (TPSA) is 170 Å². The van der Waals surface area contributed by atoms with Crippen LogP contribution in [0.15, 0.2) is 10.2 Å². The molecule has 0 N–H and O–H groups in total. The van der Waals surface area contributed by atoms with Crippen molar-refractivity contribution in [3.8, 4) is 12.1 Å². The van der Waals surface area contributed by atoms with Crippen LogP contribution in [0.2, 0.25) is 0 Å². The Morgan fingerprint density at radius 1 is 0.692 bits per heavy atom. The van der Waals surface area contributed by atoms with Crippen molar-refractivity contribution < 1.29 is 38.1 Å². The molecule has 0 aliphatic carbocycles. The molecule has 0 spiro atoms. The Balaban J connectivity index is 3.74. The molecule has 0 aliphatic heterocycles. The maximum atomic E-state index is 11.9. The van der Waals surface area contributed by atoms with E-state index >= 15 is 0 Å². The van der Waals surface area contributed by atoms with Crippen molar-refractivity contribution in [2.45, 2.75) is 57.5 Å². The van der Waals surface area contributed by atoms with Crippen LogP contribution in [-0.4, -0.2) is 98.7 Å². The third kappa shape index (κ3) is 22.2. The van der Waals surface area contributed by atoms with Gasteiger partial charge in [-0.1, -0.05) is 0 Å². The number of carbonyl (C=O) groups excluding carboxylic acids is 3. The van der Waals surface area contributed by atoms with Crippen LogP contribution in [-0.2, 0) is 38.1 Å². The van der Waals surface area contributed by atoms with Crippen LogP contribution in [0, 0.1) is 22.7 Å². The first kappa shape index (κ1) is 36.6. The normalized spacial score (nSPS) is 12.8. The average molecular weight is 589 g/mol. The van der Waals surface area contributed by atoms with Crippen molar-refractivity contribution in [3.05, 3.63) is 0 Å². The van der Waals surface area contributed by atoms with Crippen molar-refractivity contribution in [1.82, 2.24) is 0 Å². The largest absolute Gasteiger partial charge is 0.463 e. The molecule has 14 heteroatoms. The number of azo groups is 1. The monoisotopic (exact) mass is 588 g/mol. The molecule has 0 fully saturated rings. The highest BCUT2D eigenvalue weighted by Crippen LogP contribution is 2.20. The second-order valence-electron chi connectivity index (χ2n) is 8.75. The first-order valence-corrected chi connectivity index (χ1v) is 14.8. The Bertz CT molecular complexity index is 845. The fourth-order valence-corrected chi connectivity index (χ4v) is 4.32. The molecule has 0 bridgehead atoms. The van der Waals surface area contributed by atoms with Gasteiger partial charge in [0.25, 0.3) is 0 Å². The van der Waals surface area contributed by atoms with E-state index < -0.39 is 17.0 Å². The minimum atomic E-state index is -1.25. The molecular weight excluding hydrogens is 548 g/mol. The number of nitrogens with zero attached hydrogens (tertiary/aromatic N) is 4. The summed E-state index contributed by atoms with van der Waals surface area (Å²) in [6.07, 6.45) is 0.600. The van der Waals surface area contributed by atoms with Crippen molar-refractivity contribution in [3.63, 3.8) is 0 Å². The summed E-state index contributed by atoms with van der Waals surface area (Å²) in [4.78, 5) is 35.3. The summed E-state index contributed by atoms with van der Waals surface area (Å²) in [7, 11) is 1.59. The smallest absolute Gasteiger partial charge is 0.306 e. The molecule has 0 saturated carbocycles. The number of hydrogen-bond acceptors (Lipinski definition) is 14. The fraction of sp³-hybridized carbons (Fsp3) is 0.800. The predicted octanol–water partition coefficient (Wildman–Crippen LogP) is 3.34. The minimum Gasteiger partial charge on any atom is -0.463 e. The van der Waals surface area contributed by atoms with Gasteiger partial charge in [0.15, 0.2) is 11.1 Å². The molecule has 0 aliphatic rings. The minimum absolute atomic E-state index is 0.0495. The van der Waals surface area contributed by atoms with Crippen LogP contribution in [0.3, 0.4) is 0 Å². The molecule has 39 heavy (non-hydrogen) atoms. The van der Waals surface area contributed by atoms with Gasteiger partial charge in [-0.05, 0) is 27.2 Å². The van der Waals surface area contributed by atoms with E-state index in [1.807, 2.05) is 12.1 Å². The Morgan fingerprint density at radius 2 is 1.18 bits per heavy atom. The maximum absolute atomic E-state index is 11.9. The van der Waals surface area contributed by atoms with E-state index in [-0.39, 0.29) is 51.0 Å². The highest BCUT2D eigenvalue weighted by atomic mass is 32.2. The second kappa shape index (κ2) is 22.4. The van der Waals surface area contributed by atoms with Crippen molar-refractivity contribution in [2.75, 3.05) is 69.8 Å². The summed E-state index contributed by atoms with van der Waals surface area (Å²) in [6.45, 7) is 6.10. The van der Waals surface area contributed by atoms with E-state index in [1.165, 1.54) is 6.92 Å². The van der Waals surface area contributed by atoms with E-state index in [9.17, 15) is 19.6 Å². The summed E-state index contributed by atoms with van der Waals surface area (Å²) < 4.78 is 25.2. The Hall–Kier alpha value is -2.39. The SMILES string of the molecule is COCCOCCOC(=O)CCSCCSCCC(=O)OCCOC(=O)CCC(C)(C#N)N=NC(C)(C)C#N. The lowest BCUT2D eigenvalue weighted by Crippen LogP contribution is -2.23. The lowest BCUT2D eigenvalue weighted by Gasteiger charge is -2.16. The molecule has 0 amide bonds. The van der Waals surface area contributed by atoms with Gasteiger partial charge in [-0.3, -0.25) is 14.4 Å². The van der Waals surface area contributed by atoms with Gasteiger partial charge >= 0.3 is 17.9 Å². The summed E-state index contributed by atoms with van der Waals surface area (Å²) in [5, 5.41) is 26.1. The fourth-order valence-electron chi connectivity index (χ4n) is 2.35. The van der Waals surface area contributed by atoms with Gasteiger partial charge in [0.2, 0.25) is 0 Å². The van der Waals surface area contributed by atoms with Gasteiger partial charge in [-0.25, -0.2) is 0 Å². The molecule has 1 unspecified atom stereocenters. The number of rotatable bonds is 23. The molecule has 0 radical (unpaired) electrons. The van der Waals surface area contributed by atoms with Gasteiger partial charge in [0.1, 0.15) is 19.8 Å². The van der Waals surface area contributed by atoms with E-state index in [0.29, 0.717) is 37.7 Å². The van der Waals surface area contributed by atoms with E-state index in [0.717, 1.165) is 11.5 Å². The summed E-state index contributed by atoms with van der Waals surface area (Å²) in [6, 6.07) is 3.95. The predicted molar refractivity (Wildman–Crippen MR) is 147 cm³/mol. The molecular formula is C25H40N4O8S2. The third-order valence-corrected chi connectivity index (χ3v) is 6.89. The highest BCUT2D eigenvalue weighted by molar-refractivity contribution is 8.02. The van der Waals surface area contributed by atoms with Gasteiger partial charge in [-0.15, -0.1) is 0 Å². The van der Waals surface area contributed by atoms with Gasteiger partial charge in [0, 0.05) is 36.5 Å². The summed E-state index contributed by atoms with van der Waals surface area (Å²) >= 11 is 3.26. The molecule has 0 saturated heterocycles. The van der Waals surface area contributed by atoms with E-state index in [4.69, 9.17) is 28.9 Å². The molecule has 0 aromatic heterocycles. The molecule has 0 rings (SSSR count). The Kier molecular flexibility index (Phi) is 21.1. The number of carbonyl (C=O) groups is 3. The number of hydrogen-bond donors (Lipinski definition) is 0. The van der Waals surface area contributed by atoms with Crippen LogP contribution in [0.1, 0.15) is 46.5 Å². The molecule has 0 heterocycles. The number of ether oxygens (including phenoxy) is 5. The van der Waals surface area contributed by atoms with Crippen LogP contribution >= 0.6 is 23.5 Å². The number of esters is 3. The summed E-state index contributed by atoms with van der Waals surface area (Å²) in [5.74, 6) is 1.80. The van der Waals surface area contributed by atoms with E-state index in [1.54, 1.807) is 44.5 Å². The van der Waals surface area contributed by atoms with Gasteiger partial charge < -0.3 is 23.7 Å². The zero-order valence-corrected chi connectivity index (χ0v) is 24.9. The average Bonchev–Trinajstić information content (AvgIpc) is 2.92. The van der Waals surface area contributed by atoms with Crippen molar-refractivity contribution in [2.24, 2.45) is 10.2 Å². The molecule has 1 atom stereocenters. The Labute approximate surface area is 239 Å². The first-order valence-electron chi connectivity index (χ1n) is 12.5. The van der Waals surface area contributed by atoms with Crippen LogP contribution in [0.25, 0.3) is 0 Å². The van der Waals surface area contributed by atoms with Gasteiger partial charge in [-0.2, -0.15) is 44.3 Å². The third-order valence-electron chi connectivity index (χ3n) is 4.66. The molecule has 12 nitrogen and oxygen atoms in total. The zero-order valence-electron chi connectivity index (χ0n) is 23.3. The number of nitriles is 2. The molecule has 0 aromatic carbocycles. The lowest BCUT2D eigenvalue weighted by molar-refractivity contribution is -0.152. The second-order valence-corrected chi connectivity index (χ2v) is 11.2. The number of methoxy groups -OCH3 is 1. The molecule has 220 valence electrons. The molecule has 0 aromatic rings. The van der Waals surface area contributed by atoms with Gasteiger partial charge in [0.05, 0.1) is 44.8 Å². The lowest BCUT2D eigenvalue weighted by atomic mass is 9.99. The number of thioether (sulfide) groups is 2.